The minimum absolute atomic E-state index is 0.885. The van der Waals surface area contributed by atoms with Gasteiger partial charge in [0.25, 0.3) is 0 Å². The number of rotatable bonds is 3. The highest BCUT2D eigenvalue weighted by Crippen LogP contribution is 2.28. The molecule has 21 heavy (non-hydrogen) atoms. The van der Waals surface area contributed by atoms with Gasteiger partial charge in [0.1, 0.15) is 21.4 Å². The summed E-state index contributed by atoms with van der Waals surface area (Å²) in [6.07, 6.45) is 0. The van der Waals surface area contributed by atoms with E-state index < -0.39 is 0 Å². The molecule has 1 aliphatic rings. The summed E-state index contributed by atoms with van der Waals surface area (Å²) in [6, 6.07) is 6.01. The highest BCUT2D eigenvalue weighted by Gasteiger charge is 2.13. The number of hydrogen-bond donors (Lipinski definition) is 0. The normalized spacial score (nSPS) is 14.4. The quantitative estimate of drug-likeness (QED) is 0.732. The molecule has 0 bridgehead atoms. The fraction of sp³-hybridized carbons (Fsp3) is 0.143. The molecule has 0 spiro atoms. The van der Waals surface area contributed by atoms with Crippen molar-refractivity contribution >= 4 is 39.5 Å². The summed E-state index contributed by atoms with van der Waals surface area (Å²) >= 11 is 4.94. The minimum Gasteiger partial charge on any atom is -0.275 e. The van der Waals surface area contributed by atoms with Gasteiger partial charge in [-0.1, -0.05) is 6.07 Å². The highest BCUT2D eigenvalue weighted by molar-refractivity contribution is 8.14. The first kappa shape index (κ1) is 13.1. The molecule has 4 heterocycles. The predicted molar refractivity (Wildman–Crippen MR) is 90.3 cm³/mol. The van der Waals surface area contributed by atoms with Crippen LogP contribution in [0.25, 0.3) is 22.1 Å². The van der Waals surface area contributed by atoms with E-state index >= 15 is 0 Å². The van der Waals surface area contributed by atoms with E-state index in [-0.39, 0.29) is 0 Å². The van der Waals surface area contributed by atoms with E-state index in [0.29, 0.717) is 0 Å². The van der Waals surface area contributed by atoms with Crippen LogP contribution in [-0.4, -0.2) is 32.3 Å². The van der Waals surface area contributed by atoms with E-state index in [2.05, 4.69) is 15.0 Å². The second kappa shape index (κ2) is 5.67. The molecule has 1 aliphatic heterocycles. The third kappa shape index (κ3) is 2.64. The molecule has 0 radical (unpaired) electrons. The van der Waals surface area contributed by atoms with E-state index in [9.17, 15) is 0 Å². The third-order valence-electron chi connectivity index (χ3n) is 2.97. The summed E-state index contributed by atoms with van der Waals surface area (Å²) in [4.78, 5) is 18.1. The zero-order chi connectivity index (χ0) is 14.1. The van der Waals surface area contributed by atoms with Gasteiger partial charge < -0.3 is 0 Å². The van der Waals surface area contributed by atoms with Crippen LogP contribution >= 0.6 is 34.4 Å². The Hall–Kier alpha value is -1.57. The monoisotopic (exact) mass is 330 g/mol. The van der Waals surface area contributed by atoms with Crippen LogP contribution in [0.15, 0.2) is 39.5 Å². The Kier molecular flexibility index (Phi) is 3.54. The van der Waals surface area contributed by atoms with Crippen LogP contribution in [0.2, 0.25) is 0 Å². The number of thiazole rings is 2. The van der Waals surface area contributed by atoms with Gasteiger partial charge in [-0.05, 0) is 12.1 Å². The molecule has 0 aromatic carbocycles. The third-order valence-corrected chi connectivity index (χ3v) is 5.42. The molecule has 0 N–H and O–H groups in total. The van der Waals surface area contributed by atoms with Gasteiger partial charge in [-0.25, -0.2) is 15.0 Å². The zero-order valence-corrected chi connectivity index (χ0v) is 13.3. The molecule has 0 saturated heterocycles. The maximum Gasteiger partial charge on any atom is 0.143 e. The van der Waals surface area contributed by atoms with Crippen LogP contribution in [-0.2, 0) is 0 Å². The molecular formula is C14H10N4S3. The lowest BCUT2D eigenvalue weighted by Crippen LogP contribution is -1.97. The van der Waals surface area contributed by atoms with Crippen LogP contribution in [0.4, 0.5) is 0 Å². The highest BCUT2D eigenvalue weighted by atomic mass is 32.2. The number of nitrogens with zero attached hydrogens (tertiary/aromatic N) is 4. The van der Waals surface area contributed by atoms with Crippen LogP contribution < -0.4 is 0 Å². The van der Waals surface area contributed by atoms with E-state index in [1.54, 1.807) is 34.4 Å². The lowest BCUT2D eigenvalue weighted by molar-refractivity contribution is 1.17. The van der Waals surface area contributed by atoms with Crippen molar-refractivity contribution in [2.24, 2.45) is 4.99 Å². The average molecular weight is 330 g/mol. The Labute approximate surface area is 134 Å². The molecule has 3 aromatic rings. The van der Waals surface area contributed by atoms with Crippen molar-refractivity contribution in [2.45, 2.75) is 0 Å². The Balaban J connectivity index is 1.69. The van der Waals surface area contributed by atoms with E-state index in [1.807, 2.05) is 34.5 Å². The molecule has 4 nitrogen and oxygen atoms in total. The first-order valence-corrected chi connectivity index (χ1v) is 9.20. The Morgan fingerprint density at radius 1 is 0.952 bits per heavy atom. The maximum absolute atomic E-state index is 4.69. The van der Waals surface area contributed by atoms with Crippen molar-refractivity contribution in [1.29, 1.82) is 0 Å². The number of aliphatic imine (C=N–C) groups is 1. The summed E-state index contributed by atoms with van der Waals surface area (Å²) < 4.78 is 0. The smallest absolute Gasteiger partial charge is 0.143 e. The predicted octanol–water partition coefficient (Wildman–Crippen LogP) is 3.82. The molecule has 0 fully saturated rings. The topological polar surface area (TPSA) is 51.0 Å². The first-order valence-electron chi connectivity index (χ1n) is 6.39. The molecule has 0 unspecified atom stereocenters. The maximum atomic E-state index is 4.69. The molecule has 4 rings (SSSR count). The largest absolute Gasteiger partial charge is 0.275 e. The minimum atomic E-state index is 0.885. The van der Waals surface area contributed by atoms with Gasteiger partial charge in [0.2, 0.25) is 0 Å². The van der Waals surface area contributed by atoms with Gasteiger partial charge in [0, 0.05) is 23.1 Å². The SMILES string of the molecule is c1cc(C2=NCCS2)nc(-c2csc(-c3cscn3)n2)c1. The molecule has 0 saturated carbocycles. The molecule has 104 valence electrons. The van der Waals surface area contributed by atoms with Crippen molar-refractivity contribution in [3.05, 3.63) is 40.2 Å². The molecule has 7 heteroatoms. The second-order valence-corrected chi connectivity index (χ2v) is 7.02. The Morgan fingerprint density at radius 3 is 2.71 bits per heavy atom. The van der Waals surface area contributed by atoms with Crippen LogP contribution in [0.1, 0.15) is 5.69 Å². The van der Waals surface area contributed by atoms with Gasteiger partial charge in [0.15, 0.2) is 0 Å². The van der Waals surface area contributed by atoms with Crippen molar-refractivity contribution < 1.29 is 0 Å². The van der Waals surface area contributed by atoms with E-state index in [1.165, 1.54) is 0 Å². The van der Waals surface area contributed by atoms with Gasteiger partial charge in [-0.15, -0.1) is 34.4 Å². The van der Waals surface area contributed by atoms with Crippen LogP contribution in [0.5, 0.6) is 0 Å². The summed E-state index contributed by atoms with van der Waals surface area (Å²) in [7, 11) is 0. The lowest BCUT2D eigenvalue weighted by Gasteiger charge is -2.01. The van der Waals surface area contributed by atoms with Gasteiger partial charge in [-0.3, -0.25) is 4.99 Å². The van der Waals surface area contributed by atoms with Gasteiger partial charge in [0.05, 0.1) is 16.9 Å². The molecule has 0 amide bonds. The number of thioether (sulfide) groups is 1. The number of pyridine rings is 1. The van der Waals surface area contributed by atoms with Crippen molar-refractivity contribution in [1.82, 2.24) is 15.0 Å². The molecule has 0 atom stereocenters. The molecule has 0 aliphatic carbocycles. The summed E-state index contributed by atoms with van der Waals surface area (Å²) in [5.41, 5.74) is 5.49. The van der Waals surface area contributed by atoms with Crippen molar-refractivity contribution in [2.75, 3.05) is 12.3 Å². The van der Waals surface area contributed by atoms with Crippen molar-refractivity contribution in [3.63, 3.8) is 0 Å². The summed E-state index contributed by atoms with van der Waals surface area (Å²) in [5, 5.41) is 6.01. The summed E-state index contributed by atoms with van der Waals surface area (Å²) in [6.45, 7) is 0.885. The van der Waals surface area contributed by atoms with Gasteiger partial charge >= 0.3 is 0 Å². The number of hydrogen-bond acceptors (Lipinski definition) is 7. The second-order valence-electron chi connectivity index (χ2n) is 4.35. The van der Waals surface area contributed by atoms with Crippen LogP contribution in [0.3, 0.4) is 0 Å². The zero-order valence-electron chi connectivity index (χ0n) is 10.9. The van der Waals surface area contributed by atoms with Gasteiger partial charge in [-0.2, -0.15) is 0 Å². The number of aromatic nitrogens is 3. The Bertz CT molecular complexity index is 792. The fourth-order valence-electron chi connectivity index (χ4n) is 2.01. The first-order chi connectivity index (χ1) is 10.4. The molecule has 3 aromatic heterocycles. The van der Waals surface area contributed by atoms with Crippen molar-refractivity contribution in [3.8, 4) is 22.1 Å². The summed E-state index contributed by atoms with van der Waals surface area (Å²) in [5.74, 6) is 1.05. The fourth-order valence-corrected chi connectivity index (χ4v) is 4.23. The lowest BCUT2D eigenvalue weighted by atomic mass is 10.2. The average Bonchev–Trinajstić information content (AvgIpc) is 3.26. The Morgan fingerprint density at radius 2 is 1.90 bits per heavy atom. The van der Waals surface area contributed by atoms with E-state index in [4.69, 9.17) is 4.98 Å². The van der Waals surface area contributed by atoms with E-state index in [0.717, 1.165) is 45.1 Å². The van der Waals surface area contributed by atoms with Crippen LogP contribution in [0, 0.1) is 0 Å². The standard InChI is InChI=1S/C14H10N4S3/c1-2-9(17-10(3-1)13-15-4-5-20-13)11-7-21-14(18-11)12-6-19-8-16-12/h1-3,6-8H,4-5H2. The molecular weight excluding hydrogens is 320 g/mol.